The van der Waals surface area contributed by atoms with Crippen molar-refractivity contribution >= 4 is 90.0 Å². The van der Waals surface area contributed by atoms with Gasteiger partial charge in [-0.2, -0.15) is 0 Å². The minimum atomic E-state index is 0.871. The Morgan fingerprint density at radius 3 is 1.96 bits per heavy atom. The topological polar surface area (TPSA) is 38.1 Å². The van der Waals surface area contributed by atoms with Crippen LogP contribution in [-0.2, 0) is 5.33 Å². The molecular weight excluding hydrogens is 565 g/mol. The molecule has 0 aliphatic carbocycles. The summed E-state index contributed by atoms with van der Waals surface area (Å²) in [6.45, 7) is 2.08. The van der Waals surface area contributed by atoms with Crippen LogP contribution in [0.2, 0.25) is 0 Å². The summed E-state index contributed by atoms with van der Waals surface area (Å²) in [7, 11) is 4.34. The molecule has 2 aromatic carbocycles. The number of benzene rings is 2. The molecule has 3 nitrogen and oxygen atoms in total. The molecule has 0 fully saturated rings. The normalized spacial score (nSPS) is 9.86. The van der Waals surface area contributed by atoms with Gasteiger partial charge in [-0.05, 0) is 86.3 Å². The number of thiol groups is 1. The van der Waals surface area contributed by atoms with Gasteiger partial charge in [0.2, 0.25) is 0 Å². The van der Waals surface area contributed by atoms with E-state index in [0.717, 1.165) is 25.3 Å². The molecule has 8 heteroatoms. The van der Waals surface area contributed by atoms with E-state index in [-0.39, 0.29) is 0 Å². The van der Waals surface area contributed by atoms with E-state index in [1.54, 1.807) is 6.20 Å². The van der Waals surface area contributed by atoms with Crippen molar-refractivity contribution in [2.75, 3.05) is 0 Å². The van der Waals surface area contributed by atoms with E-state index in [4.69, 9.17) is 0 Å². The number of fused-ring (bicyclic) bond motifs is 2. The summed E-state index contributed by atoms with van der Waals surface area (Å²) in [4.78, 5) is 8.57. The number of aryl methyl sites for hydroxylation is 1. The SMILES string of the molecule is BrCc1cc(Br)c2ncccc2c1.Cc1cc(Br)c2ncccc2c1.[B]=NS. The summed E-state index contributed by atoms with van der Waals surface area (Å²) in [6.07, 6.45) is 3.61. The molecule has 28 heavy (non-hydrogen) atoms. The van der Waals surface area contributed by atoms with Gasteiger partial charge in [0.1, 0.15) is 0 Å². The summed E-state index contributed by atoms with van der Waals surface area (Å²) >= 11 is 13.6. The van der Waals surface area contributed by atoms with Crippen molar-refractivity contribution < 1.29 is 0 Å². The molecule has 0 spiro atoms. The molecule has 1 radical (unpaired) electrons. The zero-order valence-corrected chi connectivity index (χ0v) is 20.6. The number of hydrogen-bond donors (Lipinski definition) is 1. The molecule has 0 atom stereocenters. The second-order valence-corrected chi connectivity index (χ2v) is 8.22. The van der Waals surface area contributed by atoms with Gasteiger partial charge < -0.3 is 0 Å². The zero-order valence-electron chi connectivity index (χ0n) is 15.0. The second kappa shape index (κ2) is 11.8. The van der Waals surface area contributed by atoms with Gasteiger partial charge in [-0.3, -0.25) is 9.97 Å². The van der Waals surface area contributed by atoms with Crippen molar-refractivity contribution in [1.82, 2.24) is 9.97 Å². The third-order valence-corrected chi connectivity index (χ3v) is 5.53. The third-order valence-electron chi connectivity index (χ3n) is 3.68. The number of alkyl halides is 1. The molecule has 0 unspecified atom stereocenters. The molecule has 2 aromatic heterocycles. The molecule has 0 amide bonds. The molecule has 141 valence electrons. The predicted octanol–water partition coefficient (Wildman–Crippen LogP) is 7.38. The first kappa shape index (κ1) is 23.2. The van der Waals surface area contributed by atoms with Gasteiger partial charge in [-0.1, -0.05) is 28.1 Å². The predicted molar refractivity (Wildman–Crippen MR) is 133 cm³/mol. The van der Waals surface area contributed by atoms with Crippen molar-refractivity contribution in [2.24, 2.45) is 4.30 Å². The quantitative estimate of drug-likeness (QED) is 0.145. The van der Waals surface area contributed by atoms with Crippen molar-refractivity contribution in [3.63, 3.8) is 0 Å². The van der Waals surface area contributed by atoms with E-state index in [2.05, 4.69) is 126 Å². The molecule has 0 saturated carbocycles. The van der Waals surface area contributed by atoms with Crippen molar-refractivity contribution in [2.45, 2.75) is 12.3 Å². The number of rotatable bonds is 1. The molecule has 0 saturated heterocycles. The van der Waals surface area contributed by atoms with E-state index < -0.39 is 0 Å². The average Bonchev–Trinajstić information content (AvgIpc) is 2.69. The van der Waals surface area contributed by atoms with Crippen LogP contribution in [0.5, 0.6) is 0 Å². The van der Waals surface area contributed by atoms with Gasteiger partial charge in [0.15, 0.2) is 0 Å². The van der Waals surface area contributed by atoms with Crippen LogP contribution in [0, 0.1) is 6.92 Å². The van der Waals surface area contributed by atoms with E-state index in [1.165, 1.54) is 21.9 Å². The van der Waals surface area contributed by atoms with E-state index >= 15 is 0 Å². The molecule has 0 bridgehead atoms. The van der Waals surface area contributed by atoms with E-state index in [1.807, 2.05) is 18.3 Å². The number of halogens is 3. The van der Waals surface area contributed by atoms with E-state index in [9.17, 15) is 0 Å². The Labute approximate surface area is 196 Å². The first-order valence-electron chi connectivity index (χ1n) is 8.14. The first-order chi connectivity index (χ1) is 13.5. The van der Waals surface area contributed by atoms with Gasteiger partial charge in [0.25, 0.3) is 0 Å². The fourth-order valence-electron chi connectivity index (χ4n) is 2.57. The summed E-state index contributed by atoms with van der Waals surface area (Å²) in [5.74, 6) is 0. The number of nitrogens with zero attached hydrogens (tertiary/aromatic N) is 3. The van der Waals surface area contributed by atoms with Crippen molar-refractivity contribution in [3.8, 4) is 0 Å². The van der Waals surface area contributed by atoms with Crippen molar-refractivity contribution in [3.05, 3.63) is 81.0 Å². The molecule has 2 heterocycles. The minimum absolute atomic E-state index is 0.871. The van der Waals surface area contributed by atoms with Gasteiger partial charge in [-0.15, -0.1) is 0 Å². The number of aromatic nitrogens is 2. The van der Waals surface area contributed by atoms with Crippen LogP contribution >= 0.6 is 60.6 Å². The third kappa shape index (κ3) is 6.47. The molecule has 0 aliphatic heterocycles. The van der Waals surface area contributed by atoms with Gasteiger partial charge in [0, 0.05) is 37.4 Å². The van der Waals surface area contributed by atoms with Crippen LogP contribution < -0.4 is 0 Å². The second-order valence-electron chi connectivity index (χ2n) is 5.72. The Hall–Kier alpha value is -1.09. The summed E-state index contributed by atoms with van der Waals surface area (Å²) in [6, 6.07) is 16.5. The fraction of sp³-hybridized carbons (Fsp3) is 0.100. The Morgan fingerprint density at radius 1 is 0.929 bits per heavy atom. The number of pyridine rings is 2. The molecule has 4 rings (SSSR count). The van der Waals surface area contributed by atoms with Gasteiger partial charge >= 0.3 is 24.8 Å². The summed E-state index contributed by atoms with van der Waals surface area (Å²) in [5, 5.41) is 3.23. The van der Waals surface area contributed by atoms with Crippen LogP contribution in [0.25, 0.3) is 21.8 Å². The Kier molecular flexibility index (Phi) is 9.78. The maximum absolute atomic E-state index is 4.34. The monoisotopic (exact) mass is 578 g/mol. The Balaban J connectivity index is 0.000000176. The molecule has 0 aliphatic rings. The van der Waals surface area contributed by atoms with Crippen LogP contribution in [0.4, 0.5) is 0 Å². The maximum atomic E-state index is 4.34. The summed E-state index contributed by atoms with van der Waals surface area (Å²) in [5.41, 5.74) is 4.56. The fourth-order valence-corrected chi connectivity index (χ4v) is 4.21. The average molecular weight is 581 g/mol. The van der Waals surface area contributed by atoms with Crippen LogP contribution in [0.15, 0.2) is 74.2 Å². The summed E-state index contributed by atoms with van der Waals surface area (Å²) < 4.78 is 4.82. The van der Waals surface area contributed by atoms with Crippen LogP contribution in [-0.4, -0.2) is 17.6 Å². The van der Waals surface area contributed by atoms with Crippen LogP contribution in [0.1, 0.15) is 11.1 Å². The van der Waals surface area contributed by atoms with Gasteiger partial charge in [0.05, 0.1) is 11.0 Å². The Morgan fingerprint density at radius 2 is 1.43 bits per heavy atom. The molecule has 0 N–H and O–H groups in total. The Bertz CT molecular complexity index is 1090. The molecule has 4 aromatic rings. The van der Waals surface area contributed by atoms with E-state index in [0.29, 0.717) is 0 Å². The molecular formula is C20H16BBr3N3S. The standard InChI is InChI=1S/C10H7Br2N.C10H8BrN.BHNS/c11-6-7-4-8-2-1-3-13-10(8)9(12)5-7;1-7-5-8-3-2-4-12-10(8)9(11)6-7;1-2-3/h1-5H,6H2;2-6H,1H3;3H. The van der Waals surface area contributed by atoms with Crippen molar-refractivity contribution in [1.29, 1.82) is 0 Å². The van der Waals surface area contributed by atoms with Gasteiger partial charge in [-0.25, -0.2) is 0 Å². The van der Waals surface area contributed by atoms with Crippen LogP contribution in [0.3, 0.4) is 0 Å². The number of hydrogen-bond acceptors (Lipinski definition) is 4. The first-order valence-corrected chi connectivity index (χ1v) is 11.2. The zero-order chi connectivity index (χ0) is 20.5.